The summed E-state index contributed by atoms with van der Waals surface area (Å²) in [4.78, 5) is 17.0. The molecule has 0 bridgehead atoms. The van der Waals surface area contributed by atoms with E-state index in [1.165, 1.54) is 0 Å². The third-order valence-electron chi connectivity index (χ3n) is 3.84. The molecule has 0 aliphatic carbocycles. The summed E-state index contributed by atoms with van der Waals surface area (Å²) in [5.41, 5.74) is 8.18. The van der Waals surface area contributed by atoms with E-state index in [0.717, 1.165) is 49.2 Å². The van der Waals surface area contributed by atoms with E-state index in [1.54, 1.807) is 0 Å². The van der Waals surface area contributed by atoms with E-state index in [4.69, 9.17) is 5.73 Å². The van der Waals surface area contributed by atoms with Gasteiger partial charge in [-0.3, -0.25) is 9.69 Å². The van der Waals surface area contributed by atoms with Gasteiger partial charge in [0.15, 0.2) is 0 Å². The van der Waals surface area contributed by atoms with E-state index in [2.05, 4.69) is 27.8 Å². The van der Waals surface area contributed by atoms with Crippen molar-refractivity contribution >= 4 is 27.5 Å². The van der Waals surface area contributed by atoms with E-state index in [0.29, 0.717) is 11.3 Å². The van der Waals surface area contributed by atoms with Gasteiger partial charge in [0.05, 0.1) is 0 Å². The highest BCUT2D eigenvalue weighted by Crippen LogP contribution is 2.24. The van der Waals surface area contributed by atoms with Gasteiger partial charge >= 0.3 is 0 Å². The van der Waals surface area contributed by atoms with Gasteiger partial charge in [-0.15, -0.1) is 0 Å². The number of halogens is 1. The van der Waals surface area contributed by atoms with Crippen molar-refractivity contribution in [1.82, 2.24) is 9.80 Å². The molecule has 20 heavy (non-hydrogen) atoms. The maximum Gasteiger partial charge on any atom is 0.254 e. The Morgan fingerprint density at radius 2 is 1.95 bits per heavy atom. The van der Waals surface area contributed by atoms with E-state index in [1.807, 2.05) is 24.0 Å². The lowest BCUT2D eigenvalue weighted by atomic mass is 10.1. The number of hydrogen-bond donors (Lipinski definition) is 1. The lowest BCUT2D eigenvalue weighted by Gasteiger charge is -2.34. The standard InChI is InChI=1S/C15H22BrN3O/c1-3-4-18-5-7-19(8-6-18)15(20)13-9-12(16)10-14(17)11(13)2/h9-10H,3-8,17H2,1-2H3. The zero-order chi connectivity index (χ0) is 14.7. The molecule has 0 atom stereocenters. The molecule has 0 saturated carbocycles. The Balaban J connectivity index is 2.09. The summed E-state index contributed by atoms with van der Waals surface area (Å²) >= 11 is 3.41. The minimum atomic E-state index is 0.0895. The maximum absolute atomic E-state index is 12.6. The first-order valence-corrected chi connectivity index (χ1v) is 7.89. The predicted octanol–water partition coefficient (Wildman–Crippen LogP) is 2.51. The molecule has 1 fully saturated rings. The molecule has 1 aliphatic heterocycles. The molecule has 110 valence electrons. The number of benzene rings is 1. The van der Waals surface area contributed by atoms with Crippen LogP contribution in [0.4, 0.5) is 5.69 Å². The molecular weight excluding hydrogens is 318 g/mol. The summed E-state index contributed by atoms with van der Waals surface area (Å²) in [6, 6.07) is 3.71. The third kappa shape index (κ3) is 3.33. The fraction of sp³-hybridized carbons (Fsp3) is 0.533. The Kier molecular flexibility index (Phi) is 5.05. The first-order chi connectivity index (χ1) is 9.52. The average molecular weight is 340 g/mol. The monoisotopic (exact) mass is 339 g/mol. The van der Waals surface area contributed by atoms with Crippen LogP contribution >= 0.6 is 15.9 Å². The smallest absolute Gasteiger partial charge is 0.254 e. The number of carbonyl (C=O) groups excluding carboxylic acids is 1. The Bertz CT molecular complexity index is 496. The molecule has 1 heterocycles. The van der Waals surface area contributed by atoms with Crippen LogP contribution < -0.4 is 5.73 Å². The van der Waals surface area contributed by atoms with Crippen LogP contribution in [0.5, 0.6) is 0 Å². The molecule has 0 aromatic heterocycles. The first-order valence-electron chi connectivity index (χ1n) is 7.10. The van der Waals surface area contributed by atoms with Crippen molar-refractivity contribution in [2.75, 3.05) is 38.5 Å². The number of rotatable bonds is 3. The van der Waals surface area contributed by atoms with Crippen LogP contribution in [-0.2, 0) is 0 Å². The molecule has 2 N–H and O–H groups in total. The molecule has 0 unspecified atom stereocenters. The zero-order valence-corrected chi connectivity index (χ0v) is 13.7. The number of nitrogens with two attached hydrogens (primary N) is 1. The second kappa shape index (κ2) is 6.59. The molecule has 1 saturated heterocycles. The summed E-state index contributed by atoms with van der Waals surface area (Å²) in [5, 5.41) is 0. The molecule has 1 aliphatic rings. The van der Waals surface area contributed by atoms with E-state index < -0.39 is 0 Å². The number of nitrogen functional groups attached to an aromatic ring is 1. The van der Waals surface area contributed by atoms with Crippen molar-refractivity contribution in [3.63, 3.8) is 0 Å². The average Bonchev–Trinajstić information content (AvgIpc) is 2.43. The van der Waals surface area contributed by atoms with E-state index in [9.17, 15) is 4.79 Å². The molecule has 1 amide bonds. The van der Waals surface area contributed by atoms with Gasteiger partial charge in [-0.1, -0.05) is 22.9 Å². The highest BCUT2D eigenvalue weighted by atomic mass is 79.9. The van der Waals surface area contributed by atoms with Crippen molar-refractivity contribution in [2.24, 2.45) is 0 Å². The van der Waals surface area contributed by atoms with E-state index in [-0.39, 0.29) is 5.91 Å². The van der Waals surface area contributed by atoms with Gasteiger partial charge in [0.2, 0.25) is 0 Å². The molecule has 4 nitrogen and oxygen atoms in total. The van der Waals surface area contributed by atoms with Crippen LogP contribution in [0.1, 0.15) is 29.3 Å². The van der Waals surface area contributed by atoms with Gasteiger partial charge in [0.25, 0.3) is 5.91 Å². The predicted molar refractivity (Wildman–Crippen MR) is 85.9 cm³/mol. The molecule has 2 rings (SSSR count). The van der Waals surface area contributed by atoms with Crippen molar-refractivity contribution in [2.45, 2.75) is 20.3 Å². The van der Waals surface area contributed by atoms with Gasteiger partial charge in [0, 0.05) is 41.9 Å². The highest BCUT2D eigenvalue weighted by Gasteiger charge is 2.23. The molecular formula is C15H22BrN3O. The summed E-state index contributed by atoms with van der Waals surface area (Å²) in [6.07, 6.45) is 1.16. The summed E-state index contributed by atoms with van der Waals surface area (Å²) in [7, 11) is 0. The topological polar surface area (TPSA) is 49.6 Å². The van der Waals surface area contributed by atoms with E-state index >= 15 is 0 Å². The Morgan fingerprint density at radius 1 is 1.30 bits per heavy atom. The number of nitrogens with zero attached hydrogens (tertiary/aromatic N) is 2. The summed E-state index contributed by atoms with van der Waals surface area (Å²) < 4.78 is 0.855. The largest absolute Gasteiger partial charge is 0.398 e. The van der Waals surface area contributed by atoms with Gasteiger partial charge in [-0.2, -0.15) is 0 Å². The number of piperazine rings is 1. The minimum absolute atomic E-state index is 0.0895. The van der Waals surface area contributed by atoms with Gasteiger partial charge in [-0.25, -0.2) is 0 Å². The molecule has 1 aromatic rings. The number of hydrogen-bond acceptors (Lipinski definition) is 3. The fourth-order valence-electron chi connectivity index (χ4n) is 2.58. The Hall–Kier alpha value is -1.07. The van der Waals surface area contributed by atoms with Crippen molar-refractivity contribution in [1.29, 1.82) is 0 Å². The highest BCUT2D eigenvalue weighted by molar-refractivity contribution is 9.10. The van der Waals surface area contributed by atoms with Gasteiger partial charge in [0.1, 0.15) is 0 Å². The van der Waals surface area contributed by atoms with Crippen LogP contribution in [-0.4, -0.2) is 48.4 Å². The van der Waals surface area contributed by atoms with Crippen LogP contribution in [0.2, 0.25) is 0 Å². The molecule has 5 heteroatoms. The molecule has 1 aromatic carbocycles. The second-order valence-electron chi connectivity index (χ2n) is 5.30. The van der Waals surface area contributed by atoms with Crippen molar-refractivity contribution in [3.8, 4) is 0 Å². The number of carbonyl (C=O) groups is 1. The van der Waals surface area contributed by atoms with Gasteiger partial charge < -0.3 is 10.6 Å². The second-order valence-corrected chi connectivity index (χ2v) is 6.22. The van der Waals surface area contributed by atoms with Crippen LogP contribution in [0.25, 0.3) is 0 Å². The zero-order valence-electron chi connectivity index (χ0n) is 12.2. The van der Waals surface area contributed by atoms with Gasteiger partial charge in [-0.05, 0) is 37.6 Å². The normalized spacial score (nSPS) is 16.4. The maximum atomic E-state index is 12.6. The number of amides is 1. The molecule has 0 spiro atoms. The third-order valence-corrected chi connectivity index (χ3v) is 4.30. The first kappa shape index (κ1) is 15.3. The molecule has 0 radical (unpaired) electrons. The summed E-state index contributed by atoms with van der Waals surface area (Å²) in [6.45, 7) is 8.72. The minimum Gasteiger partial charge on any atom is -0.398 e. The Morgan fingerprint density at radius 3 is 2.55 bits per heavy atom. The quantitative estimate of drug-likeness (QED) is 0.860. The lowest BCUT2D eigenvalue weighted by Crippen LogP contribution is -2.48. The van der Waals surface area contributed by atoms with Crippen LogP contribution in [0, 0.1) is 6.92 Å². The van der Waals surface area contributed by atoms with Crippen LogP contribution in [0.3, 0.4) is 0 Å². The number of anilines is 1. The Labute approximate surface area is 129 Å². The van der Waals surface area contributed by atoms with Crippen LogP contribution in [0.15, 0.2) is 16.6 Å². The van der Waals surface area contributed by atoms with Crippen molar-refractivity contribution in [3.05, 3.63) is 27.7 Å². The fourth-order valence-corrected chi connectivity index (χ4v) is 3.06. The lowest BCUT2D eigenvalue weighted by molar-refractivity contribution is 0.0637. The SMILES string of the molecule is CCCN1CCN(C(=O)c2cc(Br)cc(N)c2C)CC1. The summed E-state index contributed by atoms with van der Waals surface area (Å²) in [5.74, 6) is 0.0895. The van der Waals surface area contributed by atoms with Crippen molar-refractivity contribution < 1.29 is 4.79 Å².